The summed E-state index contributed by atoms with van der Waals surface area (Å²) in [5, 5.41) is 19.1. The summed E-state index contributed by atoms with van der Waals surface area (Å²) in [4.78, 5) is 4.32. The predicted molar refractivity (Wildman–Crippen MR) is 122 cm³/mol. The first-order valence-corrected chi connectivity index (χ1v) is 10.9. The van der Waals surface area contributed by atoms with Crippen LogP contribution in [-0.2, 0) is 7.05 Å². The number of nitrogens with zero attached hydrogens (tertiary/aromatic N) is 6. The number of halogens is 1. The Hall–Kier alpha value is -4.23. The van der Waals surface area contributed by atoms with Crippen LogP contribution in [-0.4, -0.2) is 24.5 Å². The zero-order chi connectivity index (χ0) is 23.7. The summed E-state index contributed by atoms with van der Waals surface area (Å²) in [5.41, 5.74) is 18.0. The fraction of sp³-hybridized carbons (Fsp3) is 0.250. The highest BCUT2D eigenvalue weighted by molar-refractivity contribution is 5.77. The van der Waals surface area contributed by atoms with Gasteiger partial charge in [-0.15, -0.1) is 0 Å². The van der Waals surface area contributed by atoms with Crippen LogP contribution in [0.15, 0.2) is 36.7 Å². The number of fused-ring (bicyclic) bond motifs is 7. The van der Waals surface area contributed by atoms with Crippen LogP contribution < -0.4 is 16.2 Å². The van der Waals surface area contributed by atoms with E-state index in [1.807, 2.05) is 20.2 Å². The smallest absolute Gasteiger partial charge is 0.170 e. The van der Waals surface area contributed by atoms with Crippen molar-refractivity contribution >= 4 is 5.82 Å². The van der Waals surface area contributed by atoms with Crippen molar-refractivity contribution in [2.45, 2.75) is 31.5 Å². The zero-order valence-electron chi connectivity index (χ0n) is 18.5. The molecular weight excluding hydrogens is 435 g/mol. The third-order valence-corrected chi connectivity index (χ3v) is 6.59. The van der Waals surface area contributed by atoms with Crippen molar-refractivity contribution in [1.29, 1.82) is 5.26 Å². The van der Waals surface area contributed by atoms with Crippen LogP contribution in [0.4, 0.5) is 10.2 Å². The van der Waals surface area contributed by atoms with E-state index in [2.05, 4.69) is 16.2 Å². The first kappa shape index (κ1) is 20.4. The van der Waals surface area contributed by atoms with Gasteiger partial charge in [-0.05, 0) is 37.6 Å². The summed E-state index contributed by atoms with van der Waals surface area (Å²) in [6.45, 7) is 1.83. The van der Waals surface area contributed by atoms with Crippen LogP contribution in [0, 0.1) is 17.1 Å². The van der Waals surface area contributed by atoms with E-state index in [9.17, 15) is 9.65 Å². The van der Waals surface area contributed by atoms with Gasteiger partial charge in [0.15, 0.2) is 17.3 Å². The Balaban J connectivity index is 1.73. The van der Waals surface area contributed by atoms with Gasteiger partial charge in [0.2, 0.25) is 0 Å². The molecule has 1 unspecified atom stereocenters. The number of rotatable bonds is 0. The molecule has 6 rings (SSSR count). The molecule has 0 aliphatic carbocycles. The average molecular weight is 456 g/mol. The number of aromatic nitrogens is 5. The van der Waals surface area contributed by atoms with Crippen LogP contribution in [0.25, 0.3) is 22.4 Å². The van der Waals surface area contributed by atoms with Crippen LogP contribution in [0.2, 0.25) is 0 Å². The lowest BCUT2D eigenvalue weighted by Gasteiger charge is -2.21. The van der Waals surface area contributed by atoms with E-state index in [0.717, 1.165) is 16.8 Å². The van der Waals surface area contributed by atoms with Crippen LogP contribution >= 0.6 is 0 Å². The molecule has 0 spiro atoms. The molecule has 34 heavy (non-hydrogen) atoms. The SMILES string of the molecule is C[C@H]1Oc2cc(cnc2N)-c2c(C#N)nn3c2[C@H](CC3N)c2cn(C)nc2-c2ccc(F)cc21. The van der Waals surface area contributed by atoms with Crippen molar-refractivity contribution in [3.05, 3.63) is 65.0 Å². The molecule has 3 aromatic heterocycles. The number of hydrogen-bond donors (Lipinski definition) is 2. The molecule has 0 radical (unpaired) electrons. The number of nitrogen functional groups attached to an aromatic ring is 1. The Kier molecular flexibility index (Phi) is 4.28. The van der Waals surface area contributed by atoms with Gasteiger partial charge in [0.25, 0.3) is 0 Å². The highest BCUT2D eigenvalue weighted by Crippen LogP contribution is 2.48. The number of nitriles is 1. The van der Waals surface area contributed by atoms with E-state index >= 15 is 0 Å². The average Bonchev–Trinajstić information content (AvgIpc) is 3.47. The minimum Gasteiger partial charge on any atom is -0.482 e. The van der Waals surface area contributed by atoms with Gasteiger partial charge in [0.05, 0.1) is 11.4 Å². The summed E-state index contributed by atoms with van der Waals surface area (Å²) in [7, 11) is 1.84. The molecule has 0 amide bonds. The van der Waals surface area contributed by atoms with Crippen LogP contribution in [0.5, 0.6) is 5.75 Å². The Morgan fingerprint density at radius 2 is 2.06 bits per heavy atom. The molecule has 4 aromatic rings. The summed E-state index contributed by atoms with van der Waals surface area (Å²) in [6.07, 6.45) is 3.17. The first-order chi connectivity index (χ1) is 16.4. The number of ether oxygens (including phenoxy) is 1. The molecule has 0 saturated heterocycles. The molecule has 10 heteroatoms. The zero-order valence-corrected chi connectivity index (χ0v) is 18.5. The Bertz CT molecular complexity index is 1510. The molecule has 9 nitrogen and oxygen atoms in total. The van der Waals surface area contributed by atoms with Gasteiger partial charge in [0, 0.05) is 53.2 Å². The standard InChI is InChI=1S/C24H21FN8O/c1-11-15-6-13(25)3-4-14(15)22-17(10-32(2)31-22)16-7-20(27)33-23(16)21(18(8-26)30-33)12-5-19(34-11)24(28)29-9-12/h3-6,9-11,16,20H,7,27H2,1-2H3,(H2,28,29)/t11-,16-,20?/m1/s1. The van der Waals surface area contributed by atoms with Gasteiger partial charge >= 0.3 is 0 Å². The monoisotopic (exact) mass is 456 g/mol. The van der Waals surface area contributed by atoms with Gasteiger partial charge in [-0.25, -0.2) is 14.1 Å². The Morgan fingerprint density at radius 1 is 1.24 bits per heavy atom. The maximum atomic E-state index is 14.4. The molecule has 2 bridgehead atoms. The number of benzene rings is 1. The largest absolute Gasteiger partial charge is 0.482 e. The van der Waals surface area contributed by atoms with E-state index < -0.39 is 12.3 Å². The minimum absolute atomic E-state index is 0.183. The van der Waals surface area contributed by atoms with Crippen molar-refractivity contribution in [3.63, 3.8) is 0 Å². The second-order valence-corrected chi connectivity index (χ2v) is 8.73. The molecular formula is C24H21FN8O. The van der Waals surface area contributed by atoms with Crippen molar-refractivity contribution in [2.24, 2.45) is 12.8 Å². The van der Waals surface area contributed by atoms with Gasteiger partial charge in [-0.1, -0.05) is 0 Å². The number of hydrogen-bond acceptors (Lipinski definition) is 7. The third kappa shape index (κ3) is 2.84. The summed E-state index contributed by atoms with van der Waals surface area (Å²) >= 11 is 0. The maximum absolute atomic E-state index is 14.4. The first-order valence-electron chi connectivity index (χ1n) is 10.9. The van der Waals surface area contributed by atoms with Gasteiger partial charge in [0.1, 0.15) is 24.2 Å². The van der Waals surface area contributed by atoms with Crippen molar-refractivity contribution < 1.29 is 9.13 Å². The molecule has 0 fully saturated rings. The Labute approximate surface area is 194 Å². The highest BCUT2D eigenvalue weighted by atomic mass is 19.1. The summed E-state index contributed by atoms with van der Waals surface area (Å²) in [5.74, 6) is -0.0252. The molecule has 3 atom stereocenters. The van der Waals surface area contributed by atoms with Gasteiger partial charge < -0.3 is 16.2 Å². The summed E-state index contributed by atoms with van der Waals surface area (Å²) < 4.78 is 24.0. The lowest BCUT2D eigenvalue weighted by Crippen LogP contribution is -2.15. The maximum Gasteiger partial charge on any atom is 0.170 e. The second kappa shape index (κ2) is 7.13. The molecule has 5 heterocycles. The van der Waals surface area contributed by atoms with E-state index in [1.165, 1.54) is 12.1 Å². The van der Waals surface area contributed by atoms with Crippen molar-refractivity contribution in [3.8, 4) is 34.2 Å². The molecule has 1 aromatic carbocycles. The Morgan fingerprint density at radius 3 is 2.85 bits per heavy atom. The number of nitrogens with two attached hydrogens (primary N) is 2. The predicted octanol–water partition coefficient (Wildman–Crippen LogP) is 3.38. The fourth-order valence-corrected chi connectivity index (χ4v) is 5.12. The normalized spacial score (nSPS) is 20.3. The van der Waals surface area contributed by atoms with E-state index in [4.69, 9.17) is 21.3 Å². The molecule has 2 aliphatic heterocycles. The van der Waals surface area contributed by atoms with Crippen LogP contribution in [0.3, 0.4) is 0 Å². The minimum atomic E-state index is -0.553. The molecule has 2 aliphatic rings. The van der Waals surface area contributed by atoms with Crippen molar-refractivity contribution in [2.75, 3.05) is 5.73 Å². The molecule has 0 saturated carbocycles. The topological polar surface area (TPSA) is 134 Å². The second-order valence-electron chi connectivity index (χ2n) is 8.73. The van der Waals surface area contributed by atoms with E-state index in [0.29, 0.717) is 34.6 Å². The fourth-order valence-electron chi connectivity index (χ4n) is 5.12. The van der Waals surface area contributed by atoms with E-state index in [1.54, 1.807) is 27.7 Å². The highest BCUT2D eigenvalue weighted by Gasteiger charge is 2.39. The lowest BCUT2D eigenvalue weighted by molar-refractivity contribution is 0.227. The van der Waals surface area contributed by atoms with Gasteiger partial charge in [-0.2, -0.15) is 15.5 Å². The van der Waals surface area contributed by atoms with Gasteiger partial charge in [-0.3, -0.25) is 4.68 Å². The summed E-state index contributed by atoms with van der Waals surface area (Å²) in [6, 6.07) is 8.54. The van der Waals surface area contributed by atoms with E-state index in [-0.39, 0.29) is 23.2 Å². The number of aryl methyl sites for hydroxylation is 1. The molecule has 4 N–H and O–H groups in total. The lowest BCUT2D eigenvalue weighted by atomic mass is 9.87. The van der Waals surface area contributed by atoms with Crippen molar-refractivity contribution in [1.82, 2.24) is 24.5 Å². The van der Waals surface area contributed by atoms with Crippen LogP contribution in [0.1, 0.15) is 54.0 Å². The number of pyridine rings is 1. The third-order valence-electron chi connectivity index (χ3n) is 6.59. The quantitative estimate of drug-likeness (QED) is 0.414. The molecule has 170 valence electrons. The number of anilines is 1.